The molecule has 1 heterocycles. The number of carbonyl (C=O) groups excluding carboxylic acids is 1. The van der Waals surface area contributed by atoms with E-state index in [1.165, 1.54) is 11.5 Å². The molecule has 2 rings (SSSR count). The van der Waals surface area contributed by atoms with Crippen molar-refractivity contribution in [3.8, 4) is 17.6 Å². The minimum atomic E-state index is -0.435. The third-order valence-electron chi connectivity index (χ3n) is 4.04. The number of nitrogens with zero attached hydrogens (tertiary/aromatic N) is 4. The van der Waals surface area contributed by atoms with E-state index in [2.05, 4.69) is 21.8 Å². The van der Waals surface area contributed by atoms with Crippen molar-refractivity contribution in [1.29, 1.82) is 0 Å². The molecular formula is C21H29N5O3. The number of hydrogen-bond acceptors (Lipinski definition) is 7. The number of hydroxylamine groups is 1. The second-order valence-corrected chi connectivity index (χ2v) is 7.58. The van der Waals surface area contributed by atoms with Gasteiger partial charge in [-0.3, -0.25) is 4.79 Å². The number of aromatic nitrogens is 2. The van der Waals surface area contributed by atoms with Crippen LogP contribution in [0, 0.1) is 11.8 Å². The molecule has 0 aliphatic heterocycles. The fourth-order valence-corrected chi connectivity index (χ4v) is 2.63. The maximum atomic E-state index is 11.2. The molecule has 0 aliphatic carbocycles. The van der Waals surface area contributed by atoms with Crippen LogP contribution in [-0.4, -0.2) is 52.9 Å². The van der Waals surface area contributed by atoms with E-state index in [9.17, 15) is 4.79 Å². The normalized spacial score (nSPS) is 11.2. The van der Waals surface area contributed by atoms with Gasteiger partial charge in [-0.2, -0.15) is 5.01 Å². The number of hydrogen-bond donors (Lipinski definition) is 1. The molecule has 0 saturated carbocycles. The summed E-state index contributed by atoms with van der Waals surface area (Å²) in [4.78, 5) is 25.0. The Morgan fingerprint density at radius 3 is 2.66 bits per heavy atom. The fourth-order valence-electron chi connectivity index (χ4n) is 2.63. The zero-order chi connectivity index (χ0) is 21.4. The number of fused-ring (bicyclic) bond motifs is 1. The van der Waals surface area contributed by atoms with Crippen molar-refractivity contribution < 1.29 is 14.4 Å². The summed E-state index contributed by atoms with van der Waals surface area (Å²) in [6, 6.07) is 3.67. The van der Waals surface area contributed by atoms with Gasteiger partial charge < -0.3 is 10.5 Å². The van der Waals surface area contributed by atoms with E-state index in [0.717, 1.165) is 35.7 Å². The molecule has 0 atom stereocenters. The van der Waals surface area contributed by atoms with Crippen molar-refractivity contribution in [2.45, 2.75) is 45.6 Å². The molecule has 156 valence electrons. The van der Waals surface area contributed by atoms with E-state index in [4.69, 9.17) is 15.3 Å². The summed E-state index contributed by atoms with van der Waals surface area (Å²) in [5.74, 6) is 7.38. The third kappa shape index (κ3) is 6.59. The van der Waals surface area contributed by atoms with Gasteiger partial charge in [0.25, 0.3) is 0 Å². The third-order valence-corrected chi connectivity index (χ3v) is 4.04. The predicted molar refractivity (Wildman–Crippen MR) is 113 cm³/mol. The lowest BCUT2D eigenvalue weighted by Gasteiger charge is -2.32. The molecule has 0 saturated heterocycles. The molecule has 2 N–H and O–H groups in total. The van der Waals surface area contributed by atoms with Crippen LogP contribution in [0.4, 0.5) is 5.82 Å². The molecular weight excluding hydrogens is 370 g/mol. The number of hydrazine groups is 1. The molecule has 0 unspecified atom stereocenters. The molecule has 2 aromatic rings. The first-order chi connectivity index (χ1) is 13.7. The van der Waals surface area contributed by atoms with E-state index in [-0.39, 0.29) is 0 Å². The number of amides is 1. The van der Waals surface area contributed by atoms with Gasteiger partial charge in [-0.1, -0.05) is 11.8 Å². The number of nitrogens with two attached hydrogens (primary N) is 1. The number of benzene rings is 1. The van der Waals surface area contributed by atoms with Gasteiger partial charge in [0, 0.05) is 25.4 Å². The minimum absolute atomic E-state index is 0.414. The van der Waals surface area contributed by atoms with Crippen molar-refractivity contribution in [2.75, 3.05) is 26.4 Å². The first-order valence-corrected chi connectivity index (χ1v) is 9.47. The minimum Gasteiger partial charge on any atom is -0.495 e. The van der Waals surface area contributed by atoms with E-state index in [1.54, 1.807) is 12.1 Å². The Kier molecular flexibility index (Phi) is 7.76. The molecule has 0 fully saturated rings. The molecule has 1 aromatic heterocycles. The van der Waals surface area contributed by atoms with E-state index in [1.807, 2.05) is 40.0 Å². The number of unbranched alkanes of at least 4 members (excludes halogenated alkanes) is 2. The Balaban J connectivity index is 1.91. The number of ether oxygens (including phenoxy) is 1. The first kappa shape index (κ1) is 22.4. The van der Waals surface area contributed by atoms with Crippen LogP contribution in [0.15, 0.2) is 18.5 Å². The quantitative estimate of drug-likeness (QED) is 0.316. The van der Waals surface area contributed by atoms with E-state index < -0.39 is 5.60 Å². The predicted octanol–water partition coefficient (Wildman–Crippen LogP) is 2.78. The van der Waals surface area contributed by atoms with Gasteiger partial charge in [0.05, 0.1) is 23.8 Å². The van der Waals surface area contributed by atoms with Crippen molar-refractivity contribution in [3.05, 3.63) is 24.0 Å². The lowest BCUT2D eigenvalue weighted by atomic mass is 10.1. The summed E-state index contributed by atoms with van der Waals surface area (Å²) >= 11 is 0. The van der Waals surface area contributed by atoms with Crippen LogP contribution in [0.1, 0.15) is 45.6 Å². The Morgan fingerprint density at radius 2 is 2.00 bits per heavy atom. The zero-order valence-electron chi connectivity index (χ0n) is 17.7. The van der Waals surface area contributed by atoms with Crippen molar-refractivity contribution >= 4 is 23.1 Å². The van der Waals surface area contributed by atoms with Gasteiger partial charge in [-0.25, -0.2) is 14.8 Å². The number of rotatable bonds is 8. The monoisotopic (exact) mass is 399 g/mol. The molecule has 0 radical (unpaired) electrons. The van der Waals surface area contributed by atoms with Crippen molar-refractivity contribution in [2.24, 2.45) is 0 Å². The smallest absolute Gasteiger partial charge is 0.249 e. The van der Waals surface area contributed by atoms with Crippen LogP contribution in [0.25, 0.3) is 10.9 Å². The molecule has 1 aromatic carbocycles. The van der Waals surface area contributed by atoms with Crippen LogP contribution in [-0.2, 0) is 9.63 Å². The lowest BCUT2D eigenvalue weighted by Crippen LogP contribution is -2.44. The van der Waals surface area contributed by atoms with Gasteiger partial charge in [0.15, 0.2) is 0 Å². The molecule has 1 amide bonds. The van der Waals surface area contributed by atoms with Crippen LogP contribution in [0.2, 0.25) is 0 Å². The highest BCUT2D eigenvalue weighted by molar-refractivity contribution is 5.90. The fraction of sp³-hybridized carbons (Fsp3) is 0.476. The van der Waals surface area contributed by atoms with Crippen molar-refractivity contribution in [1.82, 2.24) is 20.1 Å². The topological polar surface area (TPSA) is 93.8 Å². The highest BCUT2D eigenvalue weighted by atomic mass is 16.7. The summed E-state index contributed by atoms with van der Waals surface area (Å²) in [7, 11) is 3.42. The molecule has 0 bridgehead atoms. The van der Waals surface area contributed by atoms with E-state index >= 15 is 0 Å². The van der Waals surface area contributed by atoms with Crippen LogP contribution >= 0.6 is 0 Å². The highest BCUT2D eigenvalue weighted by Crippen LogP contribution is 2.26. The Morgan fingerprint density at radius 1 is 1.24 bits per heavy atom. The molecule has 29 heavy (non-hydrogen) atoms. The Hall–Kier alpha value is -2.89. The maximum absolute atomic E-state index is 11.2. The number of nitrogen functional groups attached to an aromatic ring is 1. The van der Waals surface area contributed by atoms with Gasteiger partial charge in [-0.15, -0.1) is 5.17 Å². The molecule has 8 heteroatoms. The SMILES string of the molecule is COc1cc2c(N)ncnc2cc1C#CCCCCN(C)N(C=O)OC(C)(C)C. The summed E-state index contributed by atoms with van der Waals surface area (Å²) in [6.07, 6.45) is 4.60. The number of anilines is 1. The van der Waals surface area contributed by atoms with Gasteiger partial charge in [-0.05, 0) is 45.7 Å². The average Bonchev–Trinajstić information content (AvgIpc) is 2.67. The lowest BCUT2D eigenvalue weighted by molar-refractivity contribution is -0.293. The Labute approximate surface area is 171 Å². The second-order valence-electron chi connectivity index (χ2n) is 7.58. The highest BCUT2D eigenvalue weighted by Gasteiger charge is 2.19. The van der Waals surface area contributed by atoms with Crippen LogP contribution in [0.3, 0.4) is 0 Å². The molecule has 0 aliphatic rings. The van der Waals surface area contributed by atoms with E-state index in [0.29, 0.717) is 24.5 Å². The van der Waals surface area contributed by atoms with Gasteiger partial charge in [0.2, 0.25) is 6.41 Å². The van der Waals surface area contributed by atoms with Gasteiger partial charge in [0.1, 0.15) is 17.9 Å². The average molecular weight is 399 g/mol. The summed E-state index contributed by atoms with van der Waals surface area (Å²) in [5, 5.41) is 3.73. The summed E-state index contributed by atoms with van der Waals surface area (Å²) in [6.45, 7) is 6.38. The summed E-state index contributed by atoms with van der Waals surface area (Å²) < 4.78 is 5.42. The van der Waals surface area contributed by atoms with Crippen LogP contribution in [0.5, 0.6) is 5.75 Å². The second kappa shape index (κ2) is 10.0. The Bertz CT molecular complexity index is 899. The standard InChI is InChI=1S/C21H29N5O3/c1-21(2,3)29-26(15-27)25(4)11-9-7-6-8-10-16-12-18-17(13-19(16)28-5)20(22)24-14-23-18/h12-15H,6-7,9,11H2,1-5H3,(H2,22,23,24). The number of methoxy groups -OCH3 is 1. The van der Waals surface area contributed by atoms with Crippen molar-refractivity contribution in [3.63, 3.8) is 0 Å². The molecule has 8 nitrogen and oxygen atoms in total. The number of carbonyl (C=O) groups is 1. The first-order valence-electron chi connectivity index (χ1n) is 9.47. The van der Waals surface area contributed by atoms with Gasteiger partial charge >= 0.3 is 0 Å². The maximum Gasteiger partial charge on any atom is 0.249 e. The summed E-state index contributed by atoms with van der Waals surface area (Å²) in [5.41, 5.74) is 6.96. The zero-order valence-corrected chi connectivity index (χ0v) is 17.7. The van der Waals surface area contributed by atoms with Crippen LogP contribution < -0.4 is 10.5 Å². The largest absolute Gasteiger partial charge is 0.495 e. The molecule has 0 spiro atoms.